The van der Waals surface area contributed by atoms with E-state index in [4.69, 9.17) is 9.15 Å². The van der Waals surface area contributed by atoms with Crippen LogP contribution in [0, 0.1) is 13.8 Å². The molecule has 1 atom stereocenters. The average Bonchev–Trinajstić information content (AvgIpc) is 3.17. The zero-order valence-electron chi connectivity index (χ0n) is 13.3. The van der Waals surface area contributed by atoms with Crippen molar-refractivity contribution in [2.45, 2.75) is 26.5 Å². The number of benzene rings is 1. The van der Waals surface area contributed by atoms with Crippen molar-refractivity contribution in [1.82, 2.24) is 9.55 Å². The van der Waals surface area contributed by atoms with Crippen LogP contribution in [0.5, 0.6) is 5.75 Å². The number of aliphatic hydroxyl groups is 1. The Kier molecular flexibility index (Phi) is 4.48. The van der Waals surface area contributed by atoms with Crippen LogP contribution in [0.1, 0.15) is 11.1 Å². The highest BCUT2D eigenvalue weighted by Crippen LogP contribution is 2.20. The van der Waals surface area contributed by atoms with Crippen molar-refractivity contribution in [3.8, 4) is 17.3 Å². The first-order valence-corrected chi connectivity index (χ1v) is 7.56. The molecule has 0 saturated heterocycles. The molecule has 5 nitrogen and oxygen atoms in total. The first-order chi connectivity index (χ1) is 11.1. The summed E-state index contributed by atoms with van der Waals surface area (Å²) in [6.07, 6.45) is 4.47. The Morgan fingerprint density at radius 1 is 1.30 bits per heavy atom. The number of imidazole rings is 1. The lowest BCUT2D eigenvalue weighted by Crippen LogP contribution is -2.23. The molecule has 0 aliphatic heterocycles. The number of hydrogen-bond acceptors (Lipinski definition) is 4. The second-order valence-corrected chi connectivity index (χ2v) is 5.61. The van der Waals surface area contributed by atoms with Gasteiger partial charge in [-0.1, -0.05) is 17.7 Å². The fraction of sp³-hybridized carbons (Fsp3) is 0.278. The average molecular weight is 312 g/mol. The minimum Gasteiger partial charge on any atom is -0.491 e. The van der Waals surface area contributed by atoms with E-state index in [-0.39, 0.29) is 6.61 Å². The number of furan rings is 1. The fourth-order valence-electron chi connectivity index (χ4n) is 2.51. The molecular formula is C18H20N2O3. The molecule has 0 unspecified atom stereocenters. The van der Waals surface area contributed by atoms with Gasteiger partial charge in [0.25, 0.3) is 0 Å². The standard InChI is InChI=1S/C18H20N2O3/c1-13-5-6-16(14(2)10-13)23-12-15(21)11-20-8-7-19-18(20)17-4-3-9-22-17/h3-10,15,21H,11-12H2,1-2H3/t15-/m0/s1. The summed E-state index contributed by atoms with van der Waals surface area (Å²) in [5.74, 6) is 2.17. The lowest BCUT2D eigenvalue weighted by atomic mass is 10.1. The number of aromatic nitrogens is 2. The largest absolute Gasteiger partial charge is 0.491 e. The third-order valence-electron chi connectivity index (χ3n) is 3.63. The third kappa shape index (κ3) is 3.63. The van der Waals surface area contributed by atoms with Crippen LogP contribution >= 0.6 is 0 Å². The van der Waals surface area contributed by atoms with Gasteiger partial charge in [0.2, 0.25) is 0 Å². The predicted octanol–water partition coefficient (Wildman–Crippen LogP) is 3.20. The highest BCUT2D eigenvalue weighted by Gasteiger charge is 2.13. The number of hydrogen-bond donors (Lipinski definition) is 1. The van der Waals surface area contributed by atoms with Crippen molar-refractivity contribution < 1.29 is 14.3 Å². The maximum atomic E-state index is 10.2. The molecule has 120 valence electrons. The fourth-order valence-corrected chi connectivity index (χ4v) is 2.51. The van der Waals surface area contributed by atoms with E-state index in [9.17, 15) is 5.11 Å². The van der Waals surface area contributed by atoms with Crippen LogP contribution < -0.4 is 4.74 Å². The lowest BCUT2D eigenvalue weighted by Gasteiger charge is -2.15. The molecule has 3 aromatic rings. The van der Waals surface area contributed by atoms with Gasteiger partial charge in [0.05, 0.1) is 12.8 Å². The molecule has 0 bridgehead atoms. The van der Waals surface area contributed by atoms with Crippen LogP contribution in [0.4, 0.5) is 0 Å². The van der Waals surface area contributed by atoms with Crippen LogP contribution in [0.3, 0.4) is 0 Å². The van der Waals surface area contributed by atoms with Crippen LogP contribution in [0.15, 0.2) is 53.4 Å². The summed E-state index contributed by atoms with van der Waals surface area (Å²) >= 11 is 0. The summed E-state index contributed by atoms with van der Waals surface area (Å²) in [6, 6.07) is 9.65. The van der Waals surface area contributed by atoms with Gasteiger partial charge in [-0.2, -0.15) is 0 Å². The van der Waals surface area contributed by atoms with E-state index in [1.807, 2.05) is 48.9 Å². The van der Waals surface area contributed by atoms with Crippen LogP contribution in [-0.4, -0.2) is 27.4 Å². The molecule has 2 heterocycles. The van der Waals surface area contributed by atoms with Gasteiger partial charge in [-0.25, -0.2) is 4.98 Å². The van der Waals surface area contributed by atoms with Gasteiger partial charge < -0.3 is 18.8 Å². The van der Waals surface area contributed by atoms with E-state index < -0.39 is 6.10 Å². The van der Waals surface area contributed by atoms with E-state index in [0.29, 0.717) is 18.1 Å². The van der Waals surface area contributed by atoms with Gasteiger partial charge in [0.15, 0.2) is 11.6 Å². The highest BCUT2D eigenvalue weighted by molar-refractivity contribution is 5.46. The first-order valence-electron chi connectivity index (χ1n) is 7.56. The Morgan fingerprint density at radius 3 is 2.91 bits per heavy atom. The van der Waals surface area contributed by atoms with Crippen molar-refractivity contribution in [2.24, 2.45) is 0 Å². The molecule has 2 aromatic heterocycles. The molecule has 0 amide bonds. The number of aliphatic hydroxyl groups excluding tert-OH is 1. The summed E-state index contributed by atoms with van der Waals surface area (Å²) in [5, 5.41) is 10.2. The summed E-state index contributed by atoms with van der Waals surface area (Å²) in [4.78, 5) is 4.27. The molecule has 0 radical (unpaired) electrons. The Balaban J connectivity index is 1.62. The molecule has 0 fully saturated rings. The second kappa shape index (κ2) is 6.71. The smallest absolute Gasteiger partial charge is 0.176 e. The minimum absolute atomic E-state index is 0.222. The number of aryl methyl sites for hydroxylation is 2. The van der Waals surface area contributed by atoms with Crippen molar-refractivity contribution >= 4 is 0 Å². The molecular weight excluding hydrogens is 292 g/mol. The van der Waals surface area contributed by atoms with Gasteiger partial charge in [-0.3, -0.25) is 0 Å². The Bertz CT molecular complexity index is 762. The molecule has 0 aliphatic rings. The van der Waals surface area contributed by atoms with E-state index in [1.165, 1.54) is 5.56 Å². The first kappa shape index (κ1) is 15.4. The molecule has 3 rings (SSSR count). The summed E-state index contributed by atoms with van der Waals surface area (Å²) in [5.41, 5.74) is 2.26. The van der Waals surface area contributed by atoms with E-state index in [1.54, 1.807) is 12.5 Å². The molecule has 23 heavy (non-hydrogen) atoms. The normalized spacial score (nSPS) is 12.3. The number of ether oxygens (including phenoxy) is 1. The van der Waals surface area contributed by atoms with Gasteiger partial charge in [-0.15, -0.1) is 0 Å². The molecule has 5 heteroatoms. The van der Waals surface area contributed by atoms with E-state index in [2.05, 4.69) is 11.1 Å². The topological polar surface area (TPSA) is 60.4 Å². The SMILES string of the molecule is Cc1ccc(OC[C@@H](O)Cn2ccnc2-c2ccco2)c(C)c1. The van der Waals surface area contributed by atoms with Crippen molar-refractivity contribution in [2.75, 3.05) is 6.61 Å². The van der Waals surface area contributed by atoms with Crippen molar-refractivity contribution in [3.05, 3.63) is 60.1 Å². The van der Waals surface area contributed by atoms with Gasteiger partial charge in [0, 0.05) is 12.4 Å². The van der Waals surface area contributed by atoms with Crippen molar-refractivity contribution in [3.63, 3.8) is 0 Å². The molecule has 0 aliphatic carbocycles. The van der Waals surface area contributed by atoms with Gasteiger partial charge >= 0.3 is 0 Å². The van der Waals surface area contributed by atoms with E-state index in [0.717, 1.165) is 11.3 Å². The van der Waals surface area contributed by atoms with Gasteiger partial charge in [-0.05, 0) is 37.6 Å². The Labute approximate surface area is 135 Å². The third-order valence-corrected chi connectivity index (χ3v) is 3.63. The molecule has 0 saturated carbocycles. The monoisotopic (exact) mass is 312 g/mol. The quantitative estimate of drug-likeness (QED) is 0.759. The summed E-state index contributed by atoms with van der Waals surface area (Å²) in [7, 11) is 0. The Morgan fingerprint density at radius 2 is 2.17 bits per heavy atom. The molecule has 1 N–H and O–H groups in total. The van der Waals surface area contributed by atoms with Crippen LogP contribution in [0.25, 0.3) is 11.6 Å². The predicted molar refractivity (Wildman–Crippen MR) is 87.3 cm³/mol. The zero-order chi connectivity index (χ0) is 16.2. The van der Waals surface area contributed by atoms with E-state index >= 15 is 0 Å². The van der Waals surface area contributed by atoms with Crippen molar-refractivity contribution in [1.29, 1.82) is 0 Å². The number of rotatable bonds is 6. The second-order valence-electron chi connectivity index (χ2n) is 5.61. The summed E-state index contributed by atoms with van der Waals surface area (Å²) < 4.78 is 12.9. The van der Waals surface area contributed by atoms with Crippen LogP contribution in [-0.2, 0) is 6.54 Å². The Hall–Kier alpha value is -2.53. The summed E-state index contributed by atoms with van der Waals surface area (Å²) in [6.45, 7) is 4.65. The zero-order valence-corrected chi connectivity index (χ0v) is 13.3. The minimum atomic E-state index is -0.640. The highest BCUT2D eigenvalue weighted by atomic mass is 16.5. The maximum Gasteiger partial charge on any atom is 0.176 e. The lowest BCUT2D eigenvalue weighted by molar-refractivity contribution is 0.0924. The van der Waals surface area contributed by atoms with Crippen LogP contribution in [0.2, 0.25) is 0 Å². The maximum absolute atomic E-state index is 10.2. The molecule has 0 spiro atoms. The molecule has 1 aromatic carbocycles. The van der Waals surface area contributed by atoms with Gasteiger partial charge in [0.1, 0.15) is 18.5 Å². The number of nitrogens with zero attached hydrogens (tertiary/aromatic N) is 2.